The third-order valence-electron chi connectivity index (χ3n) is 7.13. The summed E-state index contributed by atoms with van der Waals surface area (Å²) >= 11 is 8.00. The van der Waals surface area contributed by atoms with Crippen molar-refractivity contribution in [3.05, 3.63) is 64.1 Å². The van der Waals surface area contributed by atoms with Crippen LogP contribution in [0.2, 0.25) is 5.02 Å². The Morgan fingerprint density at radius 3 is 2.10 bits per heavy atom. The standard InChI is InChI=1S/C25H30ClN3S/c1-17-5-3-13-28(17)24(19-7-10-21(26)11-8-19)25(29-14-4-6-18(29)2)20-9-12-23-22(15-20)27-16-30-23/h7-12,15-18,24-25H,3-6,13-14H2,1-2H3/t17-,18-,24?,25?/m1/s1. The van der Waals surface area contributed by atoms with Gasteiger partial charge in [-0.1, -0.05) is 29.8 Å². The van der Waals surface area contributed by atoms with E-state index in [2.05, 4.69) is 71.1 Å². The normalized spacial score (nSPS) is 25.2. The van der Waals surface area contributed by atoms with E-state index in [1.165, 1.54) is 41.5 Å². The molecular formula is C25H30ClN3S. The minimum absolute atomic E-state index is 0.315. The fourth-order valence-electron chi connectivity index (χ4n) is 5.57. The van der Waals surface area contributed by atoms with Gasteiger partial charge in [-0.15, -0.1) is 11.3 Å². The zero-order valence-corrected chi connectivity index (χ0v) is 19.4. The molecule has 2 fully saturated rings. The van der Waals surface area contributed by atoms with Crippen LogP contribution in [0.4, 0.5) is 0 Å². The Hall–Kier alpha value is -1.46. The average molecular weight is 440 g/mol. The highest BCUT2D eigenvalue weighted by molar-refractivity contribution is 7.16. The maximum Gasteiger partial charge on any atom is 0.0815 e. The Kier molecular flexibility index (Phi) is 5.85. The van der Waals surface area contributed by atoms with E-state index >= 15 is 0 Å². The minimum Gasteiger partial charge on any atom is -0.292 e. The fraction of sp³-hybridized carbons (Fsp3) is 0.480. The van der Waals surface area contributed by atoms with Crippen molar-refractivity contribution >= 4 is 33.2 Å². The molecule has 0 radical (unpaired) electrons. The van der Waals surface area contributed by atoms with Gasteiger partial charge in [0.1, 0.15) is 0 Å². The first-order valence-corrected chi connectivity index (χ1v) is 12.5. The maximum absolute atomic E-state index is 6.27. The summed E-state index contributed by atoms with van der Waals surface area (Å²) in [6, 6.07) is 17.4. The molecule has 158 valence electrons. The molecule has 5 heteroatoms. The molecule has 0 amide bonds. The Balaban J connectivity index is 1.65. The number of halogens is 1. The highest BCUT2D eigenvalue weighted by Gasteiger charge is 2.40. The fourth-order valence-corrected chi connectivity index (χ4v) is 6.35. The number of aromatic nitrogens is 1. The van der Waals surface area contributed by atoms with Crippen molar-refractivity contribution in [2.24, 2.45) is 0 Å². The molecule has 2 aliphatic heterocycles. The number of benzene rings is 2. The zero-order chi connectivity index (χ0) is 20.7. The lowest BCUT2D eigenvalue weighted by Gasteiger charge is -2.43. The van der Waals surface area contributed by atoms with Crippen molar-refractivity contribution in [3.8, 4) is 0 Å². The maximum atomic E-state index is 6.27. The highest BCUT2D eigenvalue weighted by Crippen LogP contribution is 2.45. The molecular weight excluding hydrogens is 410 g/mol. The monoisotopic (exact) mass is 439 g/mol. The molecule has 2 aromatic carbocycles. The van der Waals surface area contributed by atoms with Gasteiger partial charge in [0, 0.05) is 17.1 Å². The van der Waals surface area contributed by atoms with Gasteiger partial charge in [0.05, 0.1) is 27.8 Å². The van der Waals surface area contributed by atoms with Crippen LogP contribution >= 0.6 is 22.9 Å². The molecule has 3 nitrogen and oxygen atoms in total. The molecule has 0 spiro atoms. The molecule has 0 bridgehead atoms. The summed E-state index contributed by atoms with van der Waals surface area (Å²) in [5.74, 6) is 0. The van der Waals surface area contributed by atoms with Crippen LogP contribution < -0.4 is 0 Å². The second kappa shape index (κ2) is 8.58. The van der Waals surface area contributed by atoms with E-state index in [0.717, 1.165) is 23.6 Å². The van der Waals surface area contributed by atoms with E-state index in [9.17, 15) is 0 Å². The number of rotatable bonds is 5. The van der Waals surface area contributed by atoms with Crippen molar-refractivity contribution in [1.82, 2.24) is 14.8 Å². The number of hydrogen-bond donors (Lipinski definition) is 0. The Labute approximate surface area is 188 Å². The summed E-state index contributed by atoms with van der Waals surface area (Å²) in [6.45, 7) is 7.11. The van der Waals surface area contributed by atoms with Gasteiger partial charge in [-0.25, -0.2) is 4.98 Å². The third-order valence-corrected chi connectivity index (χ3v) is 8.19. The first-order valence-electron chi connectivity index (χ1n) is 11.2. The molecule has 2 saturated heterocycles. The Morgan fingerprint density at radius 1 is 0.900 bits per heavy atom. The largest absolute Gasteiger partial charge is 0.292 e. The molecule has 0 saturated carbocycles. The van der Waals surface area contributed by atoms with Crippen molar-refractivity contribution in [2.75, 3.05) is 13.1 Å². The summed E-state index contributed by atoms with van der Waals surface area (Å²) in [7, 11) is 0. The topological polar surface area (TPSA) is 19.4 Å². The van der Waals surface area contributed by atoms with Gasteiger partial charge < -0.3 is 0 Å². The number of likely N-dealkylation sites (tertiary alicyclic amines) is 2. The first kappa shape index (κ1) is 20.4. The van der Waals surface area contributed by atoms with Crippen LogP contribution in [0.25, 0.3) is 10.2 Å². The number of fused-ring (bicyclic) bond motifs is 1. The molecule has 3 aromatic rings. The smallest absolute Gasteiger partial charge is 0.0815 e. The molecule has 2 aliphatic rings. The summed E-state index contributed by atoms with van der Waals surface area (Å²) in [4.78, 5) is 10.1. The SMILES string of the molecule is C[C@@H]1CCCN1C(c1ccc(Cl)cc1)C(c1ccc2scnc2c1)N1CCC[C@H]1C. The van der Waals surface area contributed by atoms with Gasteiger partial charge in [-0.3, -0.25) is 9.80 Å². The number of nitrogens with zero attached hydrogens (tertiary/aromatic N) is 3. The molecule has 3 heterocycles. The first-order chi connectivity index (χ1) is 14.6. The predicted molar refractivity (Wildman–Crippen MR) is 127 cm³/mol. The molecule has 30 heavy (non-hydrogen) atoms. The van der Waals surface area contributed by atoms with Crippen molar-refractivity contribution < 1.29 is 0 Å². The average Bonchev–Trinajstić information content (AvgIpc) is 3.48. The number of thiazole rings is 1. The summed E-state index contributed by atoms with van der Waals surface area (Å²) in [6.07, 6.45) is 5.11. The Morgan fingerprint density at radius 2 is 1.50 bits per heavy atom. The van der Waals surface area contributed by atoms with Crippen LogP contribution in [0, 0.1) is 0 Å². The molecule has 5 rings (SSSR count). The van der Waals surface area contributed by atoms with Gasteiger partial charge in [-0.2, -0.15) is 0 Å². The van der Waals surface area contributed by atoms with E-state index in [4.69, 9.17) is 11.6 Å². The lowest BCUT2D eigenvalue weighted by Crippen LogP contribution is -2.43. The van der Waals surface area contributed by atoms with Gasteiger partial charge in [-0.05, 0) is 88.0 Å². The van der Waals surface area contributed by atoms with E-state index in [1.54, 1.807) is 11.3 Å². The van der Waals surface area contributed by atoms with Gasteiger partial charge in [0.2, 0.25) is 0 Å². The molecule has 4 atom stereocenters. The van der Waals surface area contributed by atoms with Gasteiger partial charge >= 0.3 is 0 Å². The van der Waals surface area contributed by atoms with Gasteiger partial charge in [0.15, 0.2) is 0 Å². The van der Waals surface area contributed by atoms with Crippen molar-refractivity contribution in [3.63, 3.8) is 0 Å². The van der Waals surface area contributed by atoms with Crippen LogP contribution in [-0.4, -0.2) is 40.0 Å². The van der Waals surface area contributed by atoms with Gasteiger partial charge in [0.25, 0.3) is 0 Å². The summed E-state index contributed by atoms with van der Waals surface area (Å²) in [5, 5.41) is 0.807. The van der Waals surface area contributed by atoms with Crippen LogP contribution in [-0.2, 0) is 0 Å². The van der Waals surface area contributed by atoms with Crippen LogP contribution in [0.1, 0.15) is 62.7 Å². The zero-order valence-electron chi connectivity index (χ0n) is 17.8. The quantitative estimate of drug-likeness (QED) is 0.440. The molecule has 1 aromatic heterocycles. The second-order valence-corrected chi connectivity index (χ2v) is 10.3. The van der Waals surface area contributed by atoms with Crippen molar-refractivity contribution in [2.45, 2.75) is 63.7 Å². The van der Waals surface area contributed by atoms with Crippen LogP contribution in [0.3, 0.4) is 0 Å². The Bertz CT molecular complexity index is 1000. The summed E-state index contributed by atoms with van der Waals surface area (Å²) in [5.41, 5.74) is 5.84. The second-order valence-electron chi connectivity index (χ2n) is 8.98. The van der Waals surface area contributed by atoms with Crippen molar-refractivity contribution in [1.29, 1.82) is 0 Å². The predicted octanol–water partition coefficient (Wildman–Crippen LogP) is 6.70. The lowest BCUT2D eigenvalue weighted by atomic mass is 9.89. The third kappa shape index (κ3) is 3.80. The highest BCUT2D eigenvalue weighted by atomic mass is 35.5. The summed E-state index contributed by atoms with van der Waals surface area (Å²) < 4.78 is 1.27. The van der Waals surface area contributed by atoms with E-state index in [1.807, 2.05) is 5.51 Å². The van der Waals surface area contributed by atoms with Crippen LogP contribution in [0.5, 0.6) is 0 Å². The molecule has 0 aliphatic carbocycles. The van der Waals surface area contributed by atoms with E-state index in [0.29, 0.717) is 24.2 Å². The minimum atomic E-state index is 0.315. The van der Waals surface area contributed by atoms with E-state index < -0.39 is 0 Å². The number of hydrogen-bond acceptors (Lipinski definition) is 4. The molecule has 0 N–H and O–H groups in total. The van der Waals surface area contributed by atoms with Crippen LogP contribution in [0.15, 0.2) is 48.0 Å². The van der Waals surface area contributed by atoms with E-state index in [-0.39, 0.29) is 0 Å². The lowest BCUT2D eigenvalue weighted by molar-refractivity contribution is 0.0670. The molecule has 2 unspecified atom stereocenters.